The smallest absolute Gasteiger partial charge is 0.204 e. The van der Waals surface area contributed by atoms with E-state index in [4.69, 9.17) is 17.3 Å². The molecule has 0 unspecified atom stereocenters. The first-order chi connectivity index (χ1) is 14.4. The lowest BCUT2D eigenvalue weighted by Gasteiger charge is -2.26. The van der Waals surface area contributed by atoms with Crippen LogP contribution in [0.3, 0.4) is 0 Å². The molecular formula is C22H26N4O2S2. The van der Waals surface area contributed by atoms with Crippen LogP contribution in [0.5, 0.6) is 0 Å². The van der Waals surface area contributed by atoms with Crippen LogP contribution >= 0.6 is 12.2 Å². The van der Waals surface area contributed by atoms with Crippen LogP contribution in [0.1, 0.15) is 18.9 Å². The van der Waals surface area contributed by atoms with Gasteiger partial charge in [0.05, 0.1) is 23.9 Å². The normalized spacial score (nSPS) is 18.2. The summed E-state index contributed by atoms with van der Waals surface area (Å²) in [5.41, 5.74) is 3.10. The second-order valence-corrected chi connectivity index (χ2v) is 10.3. The number of sulfone groups is 1. The van der Waals surface area contributed by atoms with Crippen molar-refractivity contribution in [3.8, 4) is 17.1 Å². The zero-order valence-corrected chi connectivity index (χ0v) is 18.9. The van der Waals surface area contributed by atoms with Gasteiger partial charge in [-0.15, -0.1) is 5.10 Å². The second kappa shape index (κ2) is 8.45. The predicted octanol–water partition coefficient (Wildman–Crippen LogP) is 3.85. The third-order valence-electron chi connectivity index (χ3n) is 5.58. The van der Waals surface area contributed by atoms with E-state index in [-0.39, 0.29) is 17.5 Å². The Morgan fingerprint density at radius 3 is 2.57 bits per heavy atom. The molecule has 1 atom stereocenters. The van der Waals surface area contributed by atoms with Crippen molar-refractivity contribution in [1.29, 1.82) is 0 Å². The van der Waals surface area contributed by atoms with Crippen LogP contribution in [0.4, 0.5) is 0 Å². The Morgan fingerprint density at radius 1 is 1.17 bits per heavy atom. The Hall–Kier alpha value is -2.29. The molecule has 0 N–H and O–H groups in total. The van der Waals surface area contributed by atoms with Gasteiger partial charge in [0.25, 0.3) is 0 Å². The average Bonchev–Trinajstić information content (AvgIpc) is 3.26. The summed E-state index contributed by atoms with van der Waals surface area (Å²) in [7, 11) is -2.95. The van der Waals surface area contributed by atoms with E-state index in [1.54, 1.807) is 0 Å². The van der Waals surface area contributed by atoms with Gasteiger partial charge in [-0.1, -0.05) is 49.4 Å². The summed E-state index contributed by atoms with van der Waals surface area (Å²) in [6, 6.07) is 18.2. The summed E-state index contributed by atoms with van der Waals surface area (Å²) in [6.45, 7) is 5.30. The quantitative estimate of drug-likeness (QED) is 0.543. The van der Waals surface area contributed by atoms with Gasteiger partial charge < -0.3 is 0 Å². The average molecular weight is 443 g/mol. The Labute approximate surface area is 182 Å². The largest absolute Gasteiger partial charge is 0.281 e. The minimum Gasteiger partial charge on any atom is -0.281 e. The minimum absolute atomic E-state index is 0.00574. The molecule has 2 aromatic carbocycles. The lowest BCUT2D eigenvalue weighted by molar-refractivity contribution is 0.164. The highest BCUT2D eigenvalue weighted by Crippen LogP contribution is 2.24. The highest BCUT2D eigenvalue weighted by Gasteiger charge is 2.32. The molecule has 0 amide bonds. The van der Waals surface area contributed by atoms with Gasteiger partial charge in [-0.05, 0) is 49.8 Å². The summed E-state index contributed by atoms with van der Waals surface area (Å²) in [5, 5.41) is 4.87. The number of hydrogen-bond acceptors (Lipinski definition) is 5. The number of nitrogens with zero attached hydrogens (tertiary/aromatic N) is 4. The summed E-state index contributed by atoms with van der Waals surface area (Å²) >= 11 is 5.84. The summed E-state index contributed by atoms with van der Waals surface area (Å²) in [6.07, 6.45) is 0.660. The maximum absolute atomic E-state index is 12.0. The molecule has 0 radical (unpaired) electrons. The molecule has 3 aromatic rings. The SMILES string of the molecule is CCN(Cn1nc(-c2ccccc2)n(-c2cccc(C)c2)c1=S)[C@H]1CCS(=O)(=O)C1. The van der Waals surface area contributed by atoms with Crippen LogP contribution in [0.2, 0.25) is 0 Å². The Kier molecular flexibility index (Phi) is 5.90. The molecule has 2 heterocycles. The van der Waals surface area contributed by atoms with Crippen LogP contribution in [-0.4, -0.2) is 51.8 Å². The van der Waals surface area contributed by atoms with Gasteiger partial charge in [-0.3, -0.25) is 9.47 Å². The second-order valence-electron chi connectivity index (χ2n) is 7.75. The fourth-order valence-electron chi connectivity index (χ4n) is 3.98. The minimum atomic E-state index is -2.95. The highest BCUT2D eigenvalue weighted by molar-refractivity contribution is 7.91. The standard InChI is InChI=1S/C22H26N4O2S2/c1-3-24(20-12-13-30(27,28)15-20)16-25-22(29)26(19-11-7-8-17(2)14-19)21(23-25)18-9-5-4-6-10-18/h4-11,14,20H,3,12-13,15-16H2,1-2H3/t20-/m0/s1. The fraction of sp³-hybridized carbons (Fsp3) is 0.364. The highest BCUT2D eigenvalue weighted by atomic mass is 32.2. The van der Waals surface area contributed by atoms with Crippen molar-refractivity contribution in [3.05, 3.63) is 64.9 Å². The first-order valence-corrected chi connectivity index (χ1v) is 12.4. The Balaban J connectivity index is 1.77. The molecule has 1 aliphatic heterocycles. The molecule has 0 aliphatic carbocycles. The van der Waals surface area contributed by atoms with Crippen molar-refractivity contribution in [3.63, 3.8) is 0 Å². The monoisotopic (exact) mass is 442 g/mol. The van der Waals surface area contributed by atoms with Crippen molar-refractivity contribution in [2.24, 2.45) is 0 Å². The first kappa shape index (κ1) is 21.0. The van der Waals surface area contributed by atoms with Gasteiger partial charge in [0.1, 0.15) is 0 Å². The van der Waals surface area contributed by atoms with Crippen molar-refractivity contribution in [2.45, 2.75) is 33.0 Å². The van der Waals surface area contributed by atoms with Gasteiger partial charge in [0, 0.05) is 11.6 Å². The van der Waals surface area contributed by atoms with Crippen LogP contribution in [-0.2, 0) is 16.5 Å². The first-order valence-electron chi connectivity index (χ1n) is 10.1. The lowest BCUT2D eigenvalue weighted by Crippen LogP contribution is -2.37. The maximum atomic E-state index is 12.0. The van der Waals surface area contributed by atoms with E-state index in [2.05, 4.69) is 24.0 Å². The fourth-order valence-corrected chi connectivity index (χ4v) is 6.03. The van der Waals surface area contributed by atoms with Gasteiger partial charge in [-0.25, -0.2) is 13.1 Å². The zero-order valence-electron chi connectivity index (χ0n) is 17.2. The number of rotatable bonds is 6. The molecule has 8 heteroatoms. The van der Waals surface area contributed by atoms with Crippen LogP contribution < -0.4 is 0 Å². The topological polar surface area (TPSA) is 60.1 Å². The molecule has 1 aromatic heterocycles. The van der Waals surface area contributed by atoms with Crippen molar-refractivity contribution in [1.82, 2.24) is 19.2 Å². The maximum Gasteiger partial charge on any atom is 0.204 e. The van der Waals surface area contributed by atoms with Gasteiger partial charge in [0.15, 0.2) is 15.7 Å². The molecule has 0 saturated carbocycles. The van der Waals surface area contributed by atoms with E-state index in [0.717, 1.165) is 29.2 Å². The van der Waals surface area contributed by atoms with Crippen LogP contribution in [0.25, 0.3) is 17.1 Å². The molecule has 0 spiro atoms. The third-order valence-corrected chi connectivity index (χ3v) is 7.72. The van der Waals surface area contributed by atoms with E-state index in [1.165, 1.54) is 0 Å². The van der Waals surface area contributed by atoms with Crippen molar-refractivity contribution in [2.75, 3.05) is 18.1 Å². The summed E-state index contributed by atoms with van der Waals surface area (Å²) in [5.74, 6) is 1.24. The van der Waals surface area contributed by atoms with Crippen molar-refractivity contribution >= 4 is 22.1 Å². The molecule has 1 aliphatic rings. The molecule has 1 saturated heterocycles. The Bertz CT molecular complexity index is 1200. The Morgan fingerprint density at radius 2 is 1.93 bits per heavy atom. The summed E-state index contributed by atoms with van der Waals surface area (Å²) in [4.78, 5) is 2.16. The lowest BCUT2D eigenvalue weighted by atomic mass is 10.2. The molecule has 6 nitrogen and oxygen atoms in total. The third kappa shape index (κ3) is 4.26. The van der Waals surface area contributed by atoms with E-state index in [0.29, 0.717) is 17.9 Å². The van der Waals surface area contributed by atoms with Crippen LogP contribution in [0.15, 0.2) is 54.6 Å². The van der Waals surface area contributed by atoms with E-state index < -0.39 is 9.84 Å². The number of aryl methyl sites for hydroxylation is 1. The predicted molar refractivity (Wildman–Crippen MR) is 122 cm³/mol. The zero-order chi connectivity index (χ0) is 21.3. The van der Waals surface area contributed by atoms with Crippen LogP contribution in [0, 0.1) is 11.7 Å². The number of aromatic nitrogens is 3. The molecule has 1 fully saturated rings. The molecule has 158 valence electrons. The molecule has 0 bridgehead atoms. The van der Waals surface area contributed by atoms with Gasteiger partial charge in [-0.2, -0.15) is 0 Å². The van der Waals surface area contributed by atoms with E-state index >= 15 is 0 Å². The van der Waals surface area contributed by atoms with Crippen molar-refractivity contribution < 1.29 is 8.42 Å². The molecule has 30 heavy (non-hydrogen) atoms. The number of benzene rings is 2. The summed E-state index contributed by atoms with van der Waals surface area (Å²) < 4.78 is 28.3. The molecular weight excluding hydrogens is 416 g/mol. The van der Waals surface area contributed by atoms with Gasteiger partial charge in [0.2, 0.25) is 4.77 Å². The molecule has 4 rings (SSSR count). The van der Waals surface area contributed by atoms with Gasteiger partial charge >= 0.3 is 0 Å². The number of hydrogen-bond donors (Lipinski definition) is 0. The van der Waals surface area contributed by atoms with E-state index in [1.807, 2.05) is 58.6 Å². The van der Waals surface area contributed by atoms with E-state index in [9.17, 15) is 8.42 Å².